The lowest BCUT2D eigenvalue weighted by Gasteiger charge is -1.98. The van der Waals surface area contributed by atoms with Gasteiger partial charge in [-0.05, 0) is 6.92 Å². The number of carbonyl (C=O) groups is 1. The van der Waals surface area contributed by atoms with Crippen LogP contribution in [0.4, 0.5) is 0 Å². The zero-order valence-electron chi connectivity index (χ0n) is 7.33. The molecule has 1 aromatic rings. The van der Waals surface area contributed by atoms with E-state index in [0.29, 0.717) is 13.0 Å². The molecule has 0 bridgehead atoms. The number of aromatic nitrogens is 1. The average Bonchev–Trinajstić information content (AvgIpc) is 2.52. The molecule has 1 rings (SSSR count). The van der Waals surface area contributed by atoms with Crippen LogP contribution in [0.2, 0.25) is 0 Å². The molecule has 1 N–H and O–H groups in total. The summed E-state index contributed by atoms with van der Waals surface area (Å²) in [5.41, 5.74) is 0.721. The molecule has 0 aliphatic rings. The molecule has 68 valence electrons. The minimum atomic E-state index is -0.273. The summed E-state index contributed by atoms with van der Waals surface area (Å²) in [6, 6.07) is 0. The molecular formula is C9H10N2O2. The second kappa shape index (κ2) is 4.31. The van der Waals surface area contributed by atoms with E-state index in [9.17, 15) is 4.79 Å². The number of hydrogen-bond donors (Lipinski definition) is 1. The van der Waals surface area contributed by atoms with Crippen LogP contribution in [-0.2, 0) is 0 Å². The normalized spacial score (nSPS) is 9.23. The van der Waals surface area contributed by atoms with Crippen LogP contribution in [0.5, 0.6) is 0 Å². The summed E-state index contributed by atoms with van der Waals surface area (Å²) in [7, 11) is 0. The van der Waals surface area contributed by atoms with Gasteiger partial charge in [-0.3, -0.25) is 4.79 Å². The third-order valence-corrected chi connectivity index (χ3v) is 1.51. The highest BCUT2D eigenvalue weighted by molar-refractivity contribution is 5.92. The Hall–Kier alpha value is -1.76. The summed E-state index contributed by atoms with van der Waals surface area (Å²) >= 11 is 0. The maximum atomic E-state index is 11.3. The van der Waals surface area contributed by atoms with Crippen LogP contribution in [0.1, 0.15) is 22.5 Å². The van der Waals surface area contributed by atoms with E-state index in [0.717, 1.165) is 5.56 Å². The molecule has 0 fully saturated rings. The van der Waals surface area contributed by atoms with Crippen LogP contribution in [0, 0.1) is 19.3 Å². The number of aryl methyl sites for hydroxylation is 1. The van der Waals surface area contributed by atoms with E-state index in [1.807, 2.05) is 0 Å². The fraction of sp³-hybridized carbons (Fsp3) is 0.333. The number of hydrogen-bond acceptors (Lipinski definition) is 3. The molecule has 0 saturated heterocycles. The Balaban J connectivity index is 2.50. The maximum absolute atomic E-state index is 11.3. The summed E-state index contributed by atoms with van der Waals surface area (Å²) < 4.78 is 4.74. The lowest BCUT2D eigenvalue weighted by atomic mass is 10.3. The predicted octanol–water partition coefficient (Wildman–Crippen LogP) is 0.736. The number of nitrogens with zero attached hydrogens (tertiary/aromatic N) is 1. The van der Waals surface area contributed by atoms with Gasteiger partial charge in [0, 0.05) is 18.5 Å². The van der Waals surface area contributed by atoms with Gasteiger partial charge in [0.25, 0.3) is 5.91 Å². The van der Waals surface area contributed by atoms with Crippen molar-refractivity contribution in [2.75, 3.05) is 6.54 Å². The van der Waals surface area contributed by atoms with E-state index >= 15 is 0 Å². The molecule has 4 nitrogen and oxygen atoms in total. The van der Waals surface area contributed by atoms with Crippen LogP contribution in [-0.4, -0.2) is 17.6 Å². The first-order valence-corrected chi connectivity index (χ1v) is 3.88. The SMILES string of the molecule is C#CCCNC(=O)c1oncc1C. The number of terminal acetylenes is 1. The first-order valence-electron chi connectivity index (χ1n) is 3.88. The smallest absolute Gasteiger partial charge is 0.290 e. The third-order valence-electron chi connectivity index (χ3n) is 1.51. The fourth-order valence-corrected chi connectivity index (χ4v) is 0.838. The number of amides is 1. The number of carbonyl (C=O) groups excluding carboxylic acids is 1. The lowest BCUT2D eigenvalue weighted by molar-refractivity contribution is 0.0917. The van der Waals surface area contributed by atoms with E-state index < -0.39 is 0 Å². The van der Waals surface area contributed by atoms with E-state index in [1.54, 1.807) is 6.92 Å². The molecule has 0 radical (unpaired) electrons. The zero-order valence-corrected chi connectivity index (χ0v) is 7.33. The zero-order chi connectivity index (χ0) is 9.68. The summed E-state index contributed by atoms with van der Waals surface area (Å²) in [6.07, 6.45) is 7.04. The van der Waals surface area contributed by atoms with Crippen molar-refractivity contribution in [2.45, 2.75) is 13.3 Å². The average molecular weight is 178 g/mol. The van der Waals surface area contributed by atoms with E-state index in [4.69, 9.17) is 10.9 Å². The monoisotopic (exact) mass is 178 g/mol. The van der Waals surface area contributed by atoms with E-state index in [-0.39, 0.29) is 11.7 Å². The Morgan fingerprint density at radius 2 is 2.62 bits per heavy atom. The summed E-state index contributed by atoms with van der Waals surface area (Å²) in [4.78, 5) is 11.3. The van der Waals surface area contributed by atoms with Crippen LogP contribution < -0.4 is 5.32 Å². The van der Waals surface area contributed by atoms with Gasteiger partial charge in [0.05, 0.1) is 6.20 Å². The van der Waals surface area contributed by atoms with Gasteiger partial charge in [-0.2, -0.15) is 0 Å². The minimum absolute atomic E-state index is 0.247. The van der Waals surface area contributed by atoms with Gasteiger partial charge in [-0.15, -0.1) is 12.3 Å². The number of nitrogens with one attached hydrogen (secondary N) is 1. The molecule has 1 amide bonds. The molecule has 0 saturated carbocycles. The minimum Gasteiger partial charge on any atom is -0.351 e. The second-order valence-corrected chi connectivity index (χ2v) is 2.55. The van der Waals surface area contributed by atoms with Gasteiger partial charge in [0.15, 0.2) is 0 Å². The Morgan fingerprint density at radius 3 is 3.15 bits per heavy atom. The topological polar surface area (TPSA) is 55.1 Å². The van der Waals surface area contributed by atoms with Gasteiger partial charge >= 0.3 is 0 Å². The Morgan fingerprint density at radius 1 is 1.85 bits per heavy atom. The van der Waals surface area contributed by atoms with Crippen LogP contribution in [0.25, 0.3) is 0 Å². The molecule has 1 aromatic heterocycles. The van der Waals surface area contributed by atoms with Crippen LogP contribution >= 0.6 is 0 Å². The molecule has 0 atom stereocenters. The molecule has 0 aromatic carbocycles. The van der Waals surface area contributed by atoms with E-state index in [1.165, 1.54) is 6.20 Å². The molecule has 0 aliphatic carbocycles. The standard InChI is InChI=1S/C9H10N2O2/c1-3-4-5-10-9(12)8-7(2)6-11-13-8/h1,6H,4-5H2,2H3,(H,10,12). The van der Waals surface area contributed by atoms with Crippen molar-refractivity contribution in [1.29, 1.82) is 0 Å². The van der Waals surface area contributed by atoms with Crippen molar-refractivity contribution >= 4 is 5.91 Å². The molecule has 13 heavy (non-hydrogen) atoms. The molecule has 4 heteroatoms. The van der Waals surface area contributed by atoms with Crippen molar-refractivity contribution in [3.63, 3.8) is 0 Å². The van der Waals surface area contributed by atoms with Crippen LogP contribution in [0.3, 0.4) is 0 Å². The summed E-state index contributed by atoms with van der Waals surface area (Å²) in [6.45, 7) is 2.21. The Bertz CT molecular complexity index is 336. The highest BCUT2D eigenvalue weighted by Gasteiger charge is 2.12. The van der Waals surface area contributed by atoms with Gasteiger partial charge in [0.1, 0.15) is 0 Å². The Labute approximate surface area is 76.3 Å². The molecule has 0 unspecified atom stereocenters. The van der Waals surface area contributed by atoms with Crippen molar-refractivity contribution in [3.05, 3.63) is 17.5 Å². The maximum Gasteiger partial charge on any atom is 0.290 e. The summed E-state index contributed by atoms with van der Waals surface area (Å²) in [5, 5.41) is 6.11. The van der Waals surface area contributed by atoms with Gasteiger partial charge < -0.3 is 9.84 Å². The van der Waals surface area contributed by atoms with Crippen molar-refractivity contribution in [3.8, 4) is 12.3 Å². The van der Waals surface area contributed by atoms with Gasteiger partial charge in [-0.25, -0.2) is 0 Å². The van der Waals surface area contributed by atoms with Gasteiger partial charge in [0.2, 0.25) is 5.76 Å². The van der Waals surface area contributed by atoms with Crippen molar-refractivity contribution in [2.24, 2.45) is 0 Å². The predicted molar refractivity (Wildman–Crippen MR) is 47.0 cm³/mol. The lowest BCUT2D eigenvalue weighted by Crippen LogP contribution is -2.24. The molecule has 0 aliphatic heterocycles. The second-order valence-electron chi connectivity index (χ2n) is 2.55. The van der Waals surface area contributed by atoms with E-state index in [2.05, 4.69) is 16.4 Å². The molecule has 1 heterocycles. The van der Waals surface area contributed by atoms with Crippen molar-refractivity contribution in [1.82, 2.24) is 10.5 Å². The fourth-order valence-electron chi connectivity index (χ4n) is 0.838. The highest BCUT2D eigenvalue weighted by Crippen LogP contribution is 2.04. The quantitative estimate of drug-likeness (QED) is 0.548. The third kappa shape index (κ3) is 2.34. The van der Waals surface area contributed by atoms with Gasteiger partial charge in [-0.1, -0.05) is 5.16 Å². The highest BCUT2D eigenvalue weighted by atomic mass is 16.5. The Kier molecular flexibility index (Phi) is 3.09. The summed E-state index contributed by atoms with van der Waals surface area (Å²) in [5.74, 6) is 2.40. The van der Waals surface area contributed by atoms with Crippen molar-refractivity contribution < 1.29 is 9.32 Å². The first kappa shape index (κ1) is 9.33. The molecule has 0 spiro atoms. The van der Waals surface area contributed by atoms with Crippen LogP contribution in [0.15, 0.2) is 10.7 Å². The number of rotatable bonds is 3. The molecular weight excluding hydrogens is 168 g/mol. The largest absolute Gasteiger partial charge is 0.351 e. The first-order chi connectivity index (χ1) is 6.25.